The summed E-state index contributed by atoms with van der Waals surface area (Å²) in [6.45, 7) is 2.16. The molecule has 126 valence electrons. The summed E-state index contributed by atoms with van der Waals surface area (Å²) in [7, 11) is -3.75. The van der Waals surface area contributed by atoms with Gasteiger partial charge < -0.3 is 5.73 Å². The van der Waals surface area contributed by atoms with Gasteiger partial charge in [-0.3, -0.25) is 9.10 Å². The molecule has 0 atom stereocenters. The number of aryl methyl sites for hydroxylation is 2. The summed E-state index contributed by atoms with van der Waals surface area (Å²) >= 11 is 0. The lowest BCUT2D eigenvalue weighted by Gasteiger charge is -2.25. The Morgan fingerprint density at radius 2 is 1.88 bits per heavy atom. The van der Waals surface area contributed by atoms with Gasteiger partial charge in [0, 0.05) is 12.1 Å². The van der Waals surface area contributed by atoms with Gasteiger partial charge in [-0.15, -0.1) is 0 Å². The molecule has 2 aromatic rings. The number of sulfonamides is 1. The molecule has 0 bridgehead atoms. The highest BCUT2D eigenvalue weighted by molar-refractivity contribution is 7.92. The molecule has 1 heterocycles. The van der Waals surface area contributed by atoms with Crippen molar-refractivity contribution in [3.8, 4) is 0 Å². The van der Waals surface area contributed by atoms with Crippen LogP contribution in [0.5, 0.6) is 0 Å². The lowest BCUT2D eigenvalue weighted by Crippen LogP contribution is -2.32. The molecule has 2 N–H and O–H groups in total. The summed E-state index contributed by atoms with van der Waals surface area (Å²) in [5.41, 5.74) is 8.01. The molecule has 24 heavy (non-hydrogen) atoms. The molecule has 5 nitrogen and oxygen atoms in total. The highest BCUT2D eigenvalue weighted by Gasteiger charge is 2.28. The number of nitrogens with two attached hydrogens (primary N) is 1. The molecule has 0 saturated heterocycles. The first-order valence-corrected chi connectivity index (χ1v) is 9.36. The van der Waals surface area contributed by atoms with Crippen molar-refractivity contribution in [1.29, 1.82) is 0 Å². The van der Waals surface area contributed by atoms with Crippen LogP contribution in [0.4, 0.5) is 5.69 Å². The zero-order valence-electron chi connectivity index (χ0n) is 13.5. The second-order valence-electron chi connectivity index (χ2n) is 6.00. The van der Waals surface area contributed by atoms with Crippen LogP contribution in [0.15, 0.2) is 47.4 Å². The van der Waals surface area contributed by atoms with Crippen molar-refractivity contribution in [2.45, 2.75) is 31.1 Å². The molecule has 0 fully saturated rings. The van der Waals surface area contributed by atoms with Crippen LogP contribution in [0.1, 0.15) is 34.3 Å². The maximum absolute atomic E-state index is 13.2. The van der Waals surface area contributed by atoms with E-state index in [-0.39, 0.29) is 10.5 Å². The summed E-state index contributed by atoms with van der Waals surface area (Å²) in [5.74, 6) is -0.624. The summed E-state index contributed by atoms with van der Waals surface area (Å²) < 4.78 is 27.8. The molecular formula is C18H20N2O3S. The van der Waals surface area contributed by atoms with Crippen molar-refractivity contribution in [3.05, 3.63) is 59.2 Å². The summed E-state index contributed by atoms with van der Waals surface area (Å²) in [6.07, 6.45) is 2.61. The van der Waals surface area contributed by atoms with Crippen molar-refractivity contribution in [2.24, 2.45) is 5.73 Å². The van der Waals surface area contributed by atoms with Crippen LogP contribution in [-0.2, 0) is 16.4 Å². The summed E-state index contributed by atoms with van der Waals surface area (Å²) in [4.78, 5) is 11.6. The van der Waals surface area contributed by atoms with Gasteiger partial charge in [-0.1, -0.05) is 24.3 Å². The number of fused-ring (bicyclic) bond motifs is 1. The summed E-state index contributed by atoms with van der Waals surface area (Å²) in [5, 5.41) is 0. The Morgan fingerprint density at radius 1 is 1.12 bits per heavy atom. The molecule has 1 aliphatic heterocycles. The van der Waals surface area contributed by atoms with Crippen LogP contribution in [0, 0.1) is 6.92 Å². The number of rotatable bonds is 3. The zero-order valence-corrected chi connectivity index (χ0v) is 14.3. The van der Waals surface area contributed by atoms with Crippen LogP contribution in [0.2, 0.25) is 0 Å². The average molecular weight is 344 g/mol. The van der Waals surface area contributed by atoms with Gasteiger partial charge in [-0.05, 0) is 55.5 Å². The smallest absolute Gasteiger partial charge is 0.264 e. The lowest BCUT2D eigenvalue weighted by atomic mass is 10.1. The number of anilines is 1. The van der Waals surface area contributed by atoms with Gasteiger partial charge in [0.15, 0.2) is 0 Å². The van der Waals surface area contributed by atoms with Crippen LogP contribution in [0.3, 0.4) is 0 Å². The first kappa shape index (κ1) is 16.5. The highest BCUT2D eigenvalue weighted by atomic mass is 32.2. The third-order valence-corrected chi connectivity index (χ3v) is 6.19. The molecule has 0 spiro atoms. The number of carbonyl (C=O) groups is 1. The largest absolute Gasteiger partial charge is 0.366 e. The third-order valence-electron chi connectivity index (χ3n) is 4.38. The molecular weight excluding hydrogens is 324 g/mol. The fourth-order valence-electron chi connectivity index (χ4n) is 3.06. The zero-order chi connectivity index (χ0) is 17.3. The number of hydrogen-bond acceptors (Lipinski definition) is 3. The van der Waals surface area contributed by atoms with E-state index in [1.165, 1.54) is 16.4 Å². The molecule has 6 heteroatoms. The minimum atomic E-state index is -3.75. The van der Waals surface area contributed by atoms with Crippen molar-refractivity contribution in [2.75, 3.05) is 10.8 Å². The summed E-state index contributed by atoms with van der Waals surface area (Å²) in [6, 6.07) is 12.1. The van der Waals surface area contributed by atoms with E-state index in [0.29, 0.717) is 12.1 Å². The van der Waals surface area contributed by atoms with Crippen molar-refractivity contribution in [1.82, 2.24) is 0 Å². The fraction of sp³-hybridized carbons (Fsp3) is 0.278. The highest BCUT2D eigenvalue weighted by Crippen LogP contribution is 2.31. The van der Waals surface area contributed by atoms with Crippen molar-refractivity contribution < 1.29 is 13.2 Å². The van der Waals surface area contributed by atoms with Gasteiger partial charge in [0.05, 0.1) is 10.6 Å². The van der Waals surface area contributed by atoms with E-state index in [1.54, 1.807) is 13.0 Å². The normalized spacial score (nSPS) is 14.8. The van der Waals surface area contributed by atoms with Crippen LogP contribution < -0.4 is 10.0 Å². The predicted octanol–water partition coefficient (Wildman–Crippen LogP) is 2.63. The van der Waals surface area contributed by atoms with Gasteiger partial charge in [0.1, 0.15) is 0 Å². The molecule has 0 radical (unpaired) electrons. The second-order valence-corrected chi connectivity index (χ2v) is 7.87. The average Bonchev–Trinajstić information content (AvgIpc) is 2.77. The third kappa shape index (κ3) is 2.89. The van der Waals surface area contributed by atoms with Crippen LogP contribution in [0.25, 0.3) is 0 Å². The van der Waals surface area contributed by atoms with E-state index in [9.17, 15) is 13.2 Å². The minimum absolute atomic E-state index is 0.0959. The number of amides is 1. The Hall–Kier alpha value is -2.34. The molecule has 0 aliphatic carbocycles. The topological polar surface area (TPSA) is 80.5 Å². The Balaban J connectivity index is 2.11. The number of benzene rings is 2. The van der Waals surface area contributed by atoms with Gasteiger partial charge in [-0.25, -0.2) is 8.42 Å². The Morgan fingerprint density at radius 3 is 2.62 bits per heavy atom. The number of primary amides is 1. The Bertz CT molecular complexity index is 891. The molecule has 1 amide bonds. The number of hydrogen-bond donors (Lipinski definition) is 1. The maximum Gasteiger partial charge on any atom is 0.264 e. The SMILES string of the molecule is Cc1ccc(S(=O)(=O)N2CCCCc3ccccc32)cc1C(N)=O. The first-order valence-electron chi connectivity index (χ1n) is 7.92. The Labute approximate surface area is 142 Å². The Kier molecular flexibility index (Phi) is 4.32. The van der Waals surface area contributed by atoms with Crippen molar-refractivity contribution >= 4 is 21.6 Å². The molecule has 2 aromatic carbocycles. The number of para-hydroxylation sites is 1. The maximum atomic E-state index is 13.2. The van der Waals surface area contributed by atoms with E-state index < -0.39 is 15.9 Å². The van der Waals surface area contributed by atoms with E-state index in [4.69, 9.17) is 5.73 Å². The van der Waals surface area contributed by atoms with Crippen molar-refractivity contribution in [3.63, 3.8) is 0 Å². The molecule has 1 aliphatic rings. The van der Waals surface area contributed by atoms with Crippen LogP contribution in [-0.4, -0.2) is 20.9 Å². The van der Waals surface area contributed by atoms with Crippen LogP contribution >= 0.6 is 0 Å². The standard InChI is InChI=1S/C18H20N2O3S/c1-13-9-10-15(12-16(13)18(19)21)24(22,23)20-11-5-4-7-14-6-2-3-8-17(14)20/h2-3,6,8-10,12H,4-5,7,11H2,1H3,(H2,19,21). The minimum Gasteiger partial charge on any atom is -0.366 e. The van der Waals surface area contributed by atoms with Gasteiger partial charge in [0.2, 0.25) is 5.91 Å². The molecule has 0 saturated carbocycles. The van der Waals surface area contributed by atoms with Gasteiger partial charge in [0.25, 0.3) is 10.0 Å². The molecule has 3 rings (SSSR count). The van der Waals surface area contributed by atoms with E-state index in [0.717, 1.165) is 30.5 Å². The lowest BCUT2D eigenvalue weighted by molar-refractivity contribution is 0.0999. The molecule has 0 unspecified atom stereocenters. The first-order chi connectivity index (χ1) is 11.4. The molecule has 0 aromatic heterocycles. The van der Waals surface area contributed by atoms with E-state index >= 15 is 0 Å². The fourth-order valence-corrected chi connectivity index (χ4v) is 4.63. The van der Waals surface area contributed by atoms with E-state index in [2.05, 4.69) is 0 Å². The second kappa shape index (κ2) is 6.28. The van der Waals surface area contributed by atoms with E-state index in [1.807, 2.05) is 24.3 Å². The quantitative estimate of drug-likeness (QED) is 0.929. The van der Waals surface area contributed by atoms with Gasteiger partial charge >= 0.3 is 0 Å². The number of nitrogens with zero attached hydrogens (tertiary/aromatic N) is 1. The number of carbonyl (C=O) groups excluding carboxylic acids is 1. The monoisotopic (exact) mass is 344 g/mol. The predicted molar refractivity (Wildman–Crippen MR) is 93.6 cm³/mol. The van der Waals surface area contributed by atoms with Gasteiger partial charge in [-0.2, -0.15) is 0 Å².